The van der Waals surface area contributed by atoms with Crippen LogP contribution in [0.15, 0.2) is 84.9 Å². The van der Waals surface area contributed by atoms with Gasteiger partial charge in [-0.3, -0.25) is 0 Å². The van der Waals surface area contributed by atoms with Gasteiger partial charge in [-0.25, -0.2) is 0 Å². The molecule has 0 aliphatic rings. The van der Waals surface area contributed by atoms with E-state index >= 15 is 0 Å². The van der Waals surface area contributed by atoms with Crippen molar-refractivity contribution in [2.45, 2.75) is 6.92 Å². The van der Waals surface area contributed by atoms with Crippen molar-refractivity contribution in [3.63, 3.8) is 0 Å². The zero-order valence-electron chi connectivity index (χ0n) is 12.2. The summed E-state index contributed by atoms with van der Waals surface area (Å²) in [6, 6.07) is 29.7. The van der Waals surface area contributed by atoms with Crippen LogP contribution in [0.5, 0.6) is 0 Å². The molecule has 0 saturated heterocycles. The summed E-state index contributed by atoms with van der Waals surface area (Å²) < 4.78 is 0. The average molecular weight is 270 g/mol. The zero-order valence-corrected chi connectivity index (χ0v) is 12.2. The van der Waals surface area contributed by atoms with Gasteiger partial charge >= 0.3 is 0 Å². The van der Waals surface area contributed by atoms with E-state index in [1.807, 2.05) is 12.1 Å². The topological polar surface area (TPSA) is 0 Å². The molecule has 0 amide bonds. The van der Waals surface area contributed by atoms with Gasteiger partial charge in [-0.05, 0) is 34.8 Å². The molecule has 0 fully saturated rings. The molecule has 0 heterocycles. The average Bonchev–Trinajstić information content (AvgIpc) is 2.57. The van der Waals surface area contributed by atoms with Crippen LogP contribution in [0.4, 0.5) is 0 Å². The lowest BCUT2D eigenvalue weighted by atomic mass is 10.0. The van der Waals surface area contributed by atoms with Gasteiger partial charge in [-0.2, -0.15) is 0 Å². The lowest BCUT2D eigenvalue weighted by molar-refractivity contribution is 1.56. The molecule has 0 saturated carbocycles. The summed E-state index contributed by atoms with van der Waals surface area (Å²) in [6.45, 7) is 2.15. The largest absolute Gasteiger partial charge is 0.0622 e. The summed E-state index contributed by atoms with van der Waals surface area (Å²) in [4.78, 5) is 0. The summed E-state index contributed by atoms with van der Waals surface area (Å²) in [5, 5.41) is 0. The summed E-state index contributed by atoms with van der Waals surface area (Å²) in [6.07, 6.45) is 2.23. The van der Waals surface area contributed by atoms with Crippen LogP contribution in [0.25, 0.3) is 22.8 Å². The zero-order chi connectivity index (χ0) is 14.5. The van der Waals surface area contributed by atoms with E-state index < -0.39 is 0 Å². The van der Waals surface area contributed by atoms with Gasteiger partial charge in [0.25, 0.3) is 0 Å². The Morgan fingerprint density at radius 3 is 1.76 bits per heavy atom. The molecule has 0 aromatic heterocycles. The van der Waals surface area contributed by atoms with Crippen molar-refractivity contribution in [3.8, 4) is 11.1 Å². The lowest BCUT2D eigenvalue weighted by Gasteiger charge is -2.04. The van der Waals surface area contributed by atoms with Crippen molar-refractivity contribution in [2.75, 3.05) is 0 Å². The Morgan fingerprint density at radius 2 is 1.14 bits per heavy atom. The molecular weight excluding hydrogens is 252 g/mol. The first-order valence-electron chi connectivity index (χ1n) is 7.22. The highest BCUT2D eigenvalue weighted by Gasteiger charge is 1.98. The maximum absolute atomic E-state index is 2.23. The molecule has 0 N–H and O–H groups in total. The Balaban J connectivity index is 1.85. The maximum atomic E-state index is 2.23. The van der Waals surface area contributed by atoms with Gasteiger partial charge in [0.05, 0.1) is 0 Å². The first-order chi connectivity index (χ1) is 10.3. The first kappa shape index (κ1) is 13.4. The minimum absolute atomic E-state index is 1.23. The summed E-state index contributed by atoms with van der Waals surface area (Å²) in [5.41, 5.74) is 6.29. The van der Waals surface area contributed by atoms with Gasteiger partial charge in [0.15, 0.2) is 0 Å². The Bertz CT molecular complexity index is 720. The van der Waals surface area contributed by atoms with Gasteiger partial charge in [0.2, 0.25) is 0 Å². The number of rotatable bonds is 3. The van der Waals surface area contributed by atoms with Crippen LogP contribution in [-0.2, 0) is 0 Å². The van der Waals surface area contributed by atoms with E-state index in [2.05, 4.69) is 85.8 Å². The SMILES string of the molecule is C/C(=C\c1ccc(-c2ccccc2)cc1)c1ccccc1. The van der Waals surface area contributed by atoms with Crippen LogP contribution in [-0.4, -0.2) is 0 Å². The molecule has 0 unspecified atom stereocenters. The number of allylic oxidation sites excluding steroid dienone is 1. The van der Waals surface area contributed by atoms with Gasteiger partial charge in [-0.1, -0.05) is 91.0 Å². The van der Waals surface area contributed by atoms with E-state index in [-0.39, 0.29) is 0 Å². The summed E-state index contributed by atoms with van der Waals surface area (Å²) in [7, 11) is 0. The smallest absolute Gasteiger partial charge is 0.0184 e. The Morgan fingerprint density at radius 1 is 0.619 bits per heavy atom. The van der Waals surface area contributed by atoms with Crippen molar-refractivity contribution in [3.05, 3.63) is 96.1 Å². The molecule has 0 aliphatic carbocycles. The highest BCUT2D eigenvalue weighted by molar-refractivity contribution is 5.80. The lowest BCUT2D eigenvalue weighted by Crippen LogP contribution is -1.81. The molecule has 0 spiro atoms. The fourth-order valence-corrected chi connectivity index (χ4v) is 2.44. The monoisotopic (exact) mass is 270 g/mol. The van der Waals surface area contributed by atoms with Gasteiger partial charge in [-0.15, -0.1) is 0 Å². The third-order valence-electron chi connectivity index (χ3n) is 3.63. The van der Waals surface area contributed by atoms with Crippen LogP contribution < -0.4 is 0 Å². The second-order valence-electron chi connectivity index (χ2n) is 5.18. The number of hydrogen-bond acceptors (Lipinski definition) is 0. The van der Waals surface area contributed by atoms with Crippen LogP contribution in [0.1, 0.15) is 18.1 Å². The molecule has 102 valence electrons. The standard InChI is InChI=1S/C21H18/c1-17(19-8-4-2-5-9-19)16-18-12-14-21(15-13-18)20-10-6-3-7-11-20/h2-16H,1H3/b17-16+. The minimum Gasteiger partial charge on any atom is -0.0622 e. The van der Waals surface area contributed by atoms with Crippen molar-refractivity contribution in [2.24, 2.45) is 0 Å². The second-order valence-corrected chi connectivity index (χ2v) is 5.18. The molecule has 0 bridgehead atoms. The highest BCUT2D eigenvalue weighted by Crippen LogP contribution is 2.22. The van der Waals surface area contributed by atoms with E-state index in [1.54, 1.807) is 0 Å². The van der Waals surface area contributed by atoms with E-state index in [0.717, 1.165) is 0 Å². The molecule has 0 atom stereocenters. The Kier molecular flexibility index (Phi) is 3.97. The van der Waals surface area contributed by atoms with Gasteiger partial charge < -0.3 is 0 Å². The quantitative estimate of drug-likeness (QED) is 0.519. The normalized spacial score (nSPS) is 11.4. The fraction of sp³-hybridized carbons (Fsp3) is 0.0476. The first-order valence-corrected chi connectivity index (χ1v) is 7.22. The molecule has 0 radical (unpaired) electrons. The van der Waals surface area contributed by atoms with Gasteiger partial charge in [0, 0.05) is 0 Å². The van der Waals surface area contributed by atoms with E-state index in [0.29, 0.717) is 0 Å². The predicted molar refractivity (Wildman–Crippen MR) is 91.9 cm³/mol. The van der Waals surface area contributed by atoms with Crippen LogP contribution >= 0.6 is 0 Å². The molecule has 3 rings (SSSR count). The molecule has 3 aromatic rings. The number of hydrogen-bond donors (Lipinski definition) is 0. The van der Waals surface area contributed by atoms with Crippen molar-refractivity contribution in [1.82, 2.24) is 0 Å². The van der Waals surface area contributed by atoms with Crippen molar-refractivity contribution < 1.29 is 0 Å². The Hall–Kier alpha value is -2.60. The van der Waals surface area contributed by atoms with E-state index in [1.165, 1.54) is 27.8 Å². The fourth-order valence-electron chi connectivity index (χ4n) is 2.44. The van der Waals surface area contributed by atoms with Crippen LogP contribution in [0.2, 0.25) is 0 Å². The molecule has 0 heteroatoms. The molecular formula is C21H18. The summed E-state index contributed by atoms with van der Waals surface area (Å²) >= 11 is 0. The maximum Gasteiger partial charge on any atom is -0.0184 e. The molecule has 0 aliphatic heterocycles. The number of benzene rings is 3. The third kappa shape index (κ3) is 3.29. The van der Waals surface area contributed by atoms with E-state index in [4.69, 9.17) is 0 Å². The Labute approximate surface area is 126 Å². The van der Waals surface area contributed by atoms with Crippen molar-refractivity contribution in [1.29, 1.82) is 0 Å². The third-order valence-corrected chi connectivity index (χ3v) is 3.63. The van der Waals surface area contributed by atoms with Crippen LogP contribution in [0.3, 0.4) is 0 Å². The van der Waals surface area contributed by atoms with Gasteiger partial charge in [0.1, 0.15) is 0 Å². The van der Waals surface area contributed by atoms with Crippen molar-refractivity contribution >= 4 is 11.6 Å². The predicted octanol–water partition coefficient (Wildman–Crippen LogP) is 5.91. The minimum atomic E-state index is 1.23. The molecule has 21 heavy (non-hydrogen) atoms. The molecule has 0 nitrogen and oxygen atoms in total. The second kappa shape index (κ2) is 6.23. The molecule has 3 aromatic carbocycles. The highest BCUT2D eigenvalue weighted by atomic mass is 14.0. The van der Waals surface area contributed by atoms with Crippen LogP contribution in [0, 0.1) is 0 Å². The van der Waals surface area contributed by atoms with E-state index in [9.17, 15) is 0 Å². The summed E-state index contributed by atoms with van der Waals surface area (Å²) in [5.74, 6) is 0.